The molecular weight excluding hydrogens is 216 g/mol. The van der Waals surface area contributed by atoms with E-state index in [1.165, 1.54) is 0 Å². The number of anilines is 1. The van der Waals surface area contributed by atoms with Gasteiger partial charge in [0.25, 0.3) is 0 Å². The molecule has 1 aliphatic carbocycles. The Morgan fingerprint density at radius 2 is 2.29 bits per heavy atom. The van der Waals surface area contributed by atoms with Crippen LogP contribution in [0.2, 0.25) is 0 Å². The third kappa shape index (κ3) is 1.67. The molecule has 0 bridgehead atoms. The third-order valence-corrected chi connectivity index (χ3v) is 3.68. The van der Waals surface area contributed by atoms with Crippen LogP contribution in [0.15, 0.2) is 18.6 Å². The van der Waals surface area contributed by atoms with Gasteiger partial charge >= 0.3 is 0 Å². The van der Waals surface area contributed by atoms with Crippen molar-refractivity contribution >= 4 is 16.9 Å². The average Bonchev–Trinajstić information content (AvgIpc) is 2.74. The second kappa shape index (κ2) is 4.00. The number of rotatable bonds is 3. The molecule has 1 saturated carbocycles. The second-order valence-corrected chi connectivity index (χ2v) is 4.72. The molecule has 0 spiro atoms. The van der Waals surface area contributed by atoms with Gasteiger partial charge in [0.1, 0.15) is 17.8 Å². The van der Waals surface area contributed by atoms with Gasteiger partial charge in [-0.25, -0.2) is 9.97 Å². The van der Waals surface area contributed by atoms with Crippen LogP contribution in [0.3, 0.4) is 0 Å². The quantitative estimate of drug-likeness (QED) is 0.833. The molecule has 2 aromatic rings. The van der Waals surface area contributed by atoms with Crippen LogP contribution >= 0.6 is 0 Å². The van der Waals surface area contributed by atoms with Gasteiger partial charge in [0.15, 0.2) is 0 Å². The van der Waals surface area contributed by atoms with Crippen molar-refractivity contribution < 1.29 is 5.11 Å². The summed E-state index contributed by atoms with van der Waals surface area (Å²) in [4.78, 5) is 13.8. The van der Waals surface area contributed by atoms with Crippen molar-refractivity contribution in [3.05, 3.63) is 18.6 Å². The van der Waals surface area contributed by atoms with Crippen LogP contribution in [0, 0.1) is 5.92 Å². The molecule has 1 aliphatic rings. The predicted octanol–water partition coefficient (Wildman–Crippen LogP) is 1.17. The first-order valence-electron chi connectivity index (χ1n) is 5.91. The van der Waals surface area contributed by atoms with Gasteiger partial charge in [0.2, 0.25) is 0 Å². The second-order valence-electron chi connectivity index (χ2n) is 4.72. The Labute approximate surface area is 99.5 Å². The maximum atomic E-state index is 9.05. The fourth-order valence-corrected chi connectivity index (χ4v) is 2.48. The van der Waals surface area contributed by atoms with Crippen molar-refractivity contribution in [2.24, 2.45) is 5.92 Å². The number of hydrogen-bond donors (Lipinski definition) is 2. The van der Waals surface area contributed by atoms with E-state index in [-0.39, 0.29) is 0 Å². The minimum atomic E-state index is 0.299. The van der Waals surface area contributed by atoms with E-state index in [0.717, 1.165) is 29.7 Å². The van der Waals surface area contributed by atoms with Gasteiger partial charge in [-0.05, 0) is 24.8 Å². The van der Waals surface area contributed by atoms with Gasteiger partial charge in [-0.2, -0.15) is 0 Å². The summed E-state index contributed by atoms with van der Waals surface area (Å²) >= 11 is 0. The Balaban J connectivity index is 1.86. The molecule has 0 aliphatic heterocycles. The summed E-state index contributed by atoms with van der Waals surface area (Å²) in [5, 5.41) is 10.1. The van der Waals surface area contributed by atoms with Crippen LogP contribution in [0.1, 0.15) is 12.8 Å². The Hall–Kier alpha value is -1.62. The number of aliphatic hydroxyl groups is 1. The lowest BCUT2D eigenvalue weighted by Gasteiger charge is -2.41. The molecule has 17 heavy (non-hydrogen) atoms. The van der Waals surface area contributed by atoms with Gasteiger partial charge in [0, 0.05) is 25.9 Å². The molecular formula is C12H16N4O. The van der Waals surface area contributed by atoms with Gasteiger partial charge < -0.3 is 15.0 Å². The minimum Gasteiger partial charge on any atom is -0.396 e. The van der Waals surface area contributed by atoms with Crippen LogP contribution in [-0.4, -0.2) is 39.8 Å². The standard InChI is InChI=1S/C12H16N4O/c1-16(9-4-8(5-9)6-17)12-10-2-3-13-11(10)14-7-15-12/h2-3,7-9,17H,4-6H2,1H3,(H,13,14,15). The molecule has 0 amide bonds. The van der Waals surface area contributed by atoms with Crippen molar-refractivity contribution in [3.8, 4) is 0 Å². The number of aromatic amines is 1. The number of aromatic nitrogens is 3. The first-order chi connectivity index (χ1) is 8.29. The van der Waals surface area contributed by atoms with Gasteiger partial charge in [-0.15, -0.1) is 0 Å². The molecule has 0 atom stereocenters. The lowest BCUT2D eigenvalue weighted by atomic mass is 9.80. The van der Waals surface area contributed by atoms with Crippen molar-refractivity contribution in [2.75, 3.05) is 18.6 Å². The van der Waals surface area contributed by atoms with Crippen molar-refractivity contribution in [1.29, 1.82) is 0 Å². The predicted molar refractivity (Wildman–Crippen MR) is 65.9 cm³/mol. The van der Waals surface area contributed by atoms with E-state index in [0.29, 0.717) is 18.6 Å². The van der Waals surface area contributed by atoms with E-state index in [1.807, 2.05) is 12.3 Å². The number of fused-ring (bicyclic) bond motifs is 1. The van der Waals surface area contributed by atoms with E-state index in [4.69, 9.17) is 5.11 Å². The summed E-state index contributed by atoms with van der Waals surface area (Å²) in [5.41, 5.74) is 0.875. The van der Waals surface area contributed by atoms with Crippen LogP contribution in [0.25, 0.3) is 11.0 Å². The first kappa shape index (κ1) is 10.5. The molecule has 0 saturated heterocycles. The summed E-state index contributed by atoms with van der Waals surface area (Å²) < 4.78 is 0. The lowest BCUT2D eigenvalue weighted by Crippen LogP contribution is -2.44. The number of nitrogens with zero attached hydrogens (tertiary/aromatic N) is 3. The summed E-state index contributed by atoms with van der Waals surface area (Å²) in [6.45, 7) is 0.299. The van der Waals surface area contributed by atoms with Crippen LogP contribution < -0.4 is 4.90 Å². The number of hydrogen-bond acceptors (Lipinski definition) is 4. The normalized spacial score (nSPS) is 23.6. The number of aliphatic hydroxyl groups excluding tert-OH is 1. The summed E-state index contributed by atoms with van der Waals surface area (Å²) in [6.07, 6.45) is 5.56. The molecule has 2 heterocycles. The Morgan fingerprint density at radius 1 is 1.47 bits per heavy atom. The highest BCUT2D eigenvalue weighted by Gasteiger charge is 2.32. The van der Waals surface area contributed by atoms with E-state index < -0.39 is 0 Å². The zero-order valence-corrected chi connectivity index (χ0v) is 9.80. The number of H-pyrrole nitrogens is 1. The molecule has 3 rings (SSSR count). The maximum absolute atomic E-state index is 9.05. The minimum absolute atomic E-state index is 0.299. The highest BCUT2D eigenvalue weighted by molar-refractivity contribution is 5.87. The monoisotopic (exact) mass is 232 g/mol. The molecule has 1 fully saturated rings. The van der Waals surface area contributed by atoms with E-state index in [1.54, 1.807) is 6.33 Å². The molecule has 2 N–H and O–H groups in total. The molecule has 0 radical (unpaired) electrons. The van der Waals surface area contributed by atoms with Crippen LogP contribution in [0.4, 0.5) is 5.82 Å². The third-order valence-electron chi connectivity index (χ3n) is 3.68. The summed E-state index contributed by atoms with van der Waals surface area (Å²) in [6, 6.07) is 2.49. The zero-order valence-electron chi connectivity index (χ0n) is 9.80. The maximum Gasteiger partial charge on any atom is 0.142 e. The first-order valence-corrected chi connectivity index (χ1v) is 5.91. The lowest BCUT2D eigenvalue weighted by molar-refractivity contribution is 0.141. The van der Waals surface area contributed by atoms with E-state index in [9.17, 15) is 0 Å². The Bertz CT molecular complexity index is 518. The van der Waals surface area contributed by atoms with Gasteiger partial charge in [-0.3, -0.25) is 0 Å². The van der Waals surface area contributed by atoms with Crippen molar-refractivity contribution in [1.82, 2.24) is 15.0 Å². The molecule has 5 nitrogen and oxygen atoms in total. The molecule has 5 heteroatoms. The van der Waals surface area contributed by atoms with Gasteiger partial charge in [0.05, 0.1) is 5.39 Å². The van der Waals surface area contributed by atoms with Crippen molar-refractivity contribution in [3.63, 3.8) is 0 Å². The van der Waals surface area contributed by atoms with Crippen molar-refractivity contribution in [2.45, 2.75) is 18.9 Å². The highest BCUT2D eigenvalue weighted by atomic mass is 16.3. The summed E-state index contributed by atoms with van der Waals surface area (Å²) in [5.74, 6) is 1.43. The van der Waals surface area contributed by atoms with Gasteiger partial charge in [-0.1, -0.05) is 0 Å². The largest absolute Gasteiger partial charge is 0.396 e. The number of nitrogens with one attached hydrogen (secondary N) is 1. The Kier molecular flexibility index (Phi) is 2.48. The van der Waals surface area contributed by atoms with E-state index >= 15 is 0 Å². The smallest absolute Gasteiger partial charge is 0.142 e. The zero-order chi connectivity index (χ0) is 11.8. The molecule has 2 aromatic heterocycles. The van der Waals surface area contributed by atoms with E-state index in [2.05, 4.69) is 26.9 Å². The highest BCUT2D eigenvalue weighted by Crippen LogP contribution is 2.34. The molecule has 0 unspecified atom stereocenters. The topological polar surface area (TPSA) is 65.0 Å². The molecule has 0 aromatic carbocycles. The summed E-state index contributed by atoms with van der Waals surface area (Å²) in [7, 11) is 2.06. The molecule has 90 valence electrons. The average molecular weight is 232 g/mol. The fraction of sp³-hybridized carbons (Fsp3) is 0.500. The van der Waals surface area contributed by atoms with Crippen LogP contribution in [0.5, 0.6) is 0 Å². The Morgan fingerprint density at radius 3 is 3.06 bits per heavy atom. The fourth-order valence-electron chi connectivity index (χ4n) is 2.48. The van der Waals surface area contributed by atoms with Crippen LogP contribution in [-0.2, 0) is 0 Å². The SMILES string of the molecule is CN(c1ncnc2[nH]ccc12)C1CC(CO)C1.